The Morgan fingerprint density at radius 1 is 1.31 bits per heavy atom. The molecule has 0 radical (unpaired) electrons. The molecule has 2 rings (SSSR count). The van der Waals surface area contributed by atoms with Gasteiger partial charge in [0.15, 0.2) is 0 Å². The predicted molar refractivity (Wildman–Crippen MR) is 69.7 cm³/mol. The van der Waals surface area contributed by atoms with E-state index in [1.807, 2.05) is 0 Å². The number of hydrogen-bond donors (Lipinski definition) is 1. The molecule has 3 unspecified atom stereocenters. The van der Waals surface area contributed by atoms with Crippen LogP contribution in [-0.4, -0.2) is 36.1 Å². The fourth-order valence-corrected chi connectivity index (χ4v) is 3.32. The van der Waals surface area contributed by atoms with Crippen LogP contribution < -0.4 is 5.32 Å². The van der Waals surface area contributed by atoms with Crippen molar-refractivity contribution in [3.05, 3.63) is 0 Å². The van der Waals surface area contributed by atoms with Gasteiger partial charge in [0.25, 0.3) is 0 Å². The van der Waals surface area contributed by atoms with E-state index in [1.165, 1.54) is 45.2 Å². The second-order valence-corrected chi connectivity index (χ2v) is 5.88. The zero-order chi connectivity index (χ0) is 11.5. The van der Waals surface area contributed by atoms with Crippen LogP contribution in [0.1, 0.15) is 52.9 Å². The Labute approximate surface area is 101 Å². The Morgan fingerprint density at radius 2 is 2.00 bits per heavy atom. The summed E-state index contributed by atoms with van der Waals surface area (Å²) in [7, 11) is 0. The van der Waals surface area contributed by atoms with Gasteiger partial charge in [-0.15, -0.1) is 0 Å². The molecule has 1 N–H and O–H groups in total. The lowest BCUT2D eigenvalue weighted by Crippen LogP contribution is -2.59. The molecule has 0 aromatic carbocycles. The fraction of sp³-hybridized carbons (Fsp3) is 1.00. The summed E-state index contributed by atoms with van der Waals surface area (Å²) in [5, 5.41) is 3.73. The topological polar surface area (TPSA) is 15.3 Å². The lowest BCUT2D eigenvalue weighted by Gasteiger charge is -2.44. The monoisotopic (exact) mass is 224 g/mol. The molecule has 1 saturated heterocycles. The van der Waals surface area contributed by atoms with Crippen molar-refractivity contribution in [3.8, 4) is 0 Å². The van der Waals surface area contributed by atoms with Crippen molar-refractivity contribution in [1.82, 2.24) is 10.2 Å². The summed E-state index contributed by atoms with van der Waals surface area (Å²) >= 11 is 0. The van der Waals surface area contributed by atoms with Gasteiger partial charge in [-0.2, -0.15) is 0 Å². The number of nitrogens with zero attached hydrogens (tertiary/aromatic N) is 1. The highest BCUT2D eigenvalue weighted by Crippen LogP contribution is 2.27. The van der Waals surface area contributed by atoms with Gasteiger partial charge in [0, 0.05) is 31.2 Å². The van der Waals surface area contributed by atoms with Gasteiger partial charge in [0.1, 0.15) is 0 Å². The van der Waals surface area contributed by atoms with E-state index >= 15 is 0 Å². The maximum atomic E-state index is 3.73. The van der Waals surface area contributed by atoms with Gasteiger partial charge in [0.05, 0.1) is 0 Å². The van der Waals surface area contributed by atoms with Crippen LogP contribution in [0.5, 0.6) is 0 Å². The van der Waals surface area contributed by atoms with Gasteiger partial charge in [-0.3, -0.25) is 4.90 Å². The standard InChI is InChI=1S/C14H28N2/c1-4-11(2)14-10-16(12(3)9-15-14)13-7-5-6-8-13/h11-15H,4-10H2,1-3H3. The SMILES string of the molecule is CCC(C)C1CN(C2CCCC2)C(C)CN1. The Hall–Kier alpha value is -0.0800. The molecular formula is C14H28N2. The number of nitrogens with one attached hydrogen (secondary N) is 1. The first-order valence-corrected chi connectivity index (χ1v) is 7.21. The molecule has 1 aliphatic heterocycles. The molecule has 2 aliphatic rings. The Balaban J connectivity index is 1.94. The summed E-state index contributed by atoms with van der Waals surface area (Å²) in [6.07, 6.45) is 7.09. The van der Waals surface area contributed by atoms with Crippen molar-refractivity contribution >= 4 is 0 Å². The molecule has 0 spiro atoms. The molecular weight excluding hydrogens is 196 g/mol. The van der Waals surface area contributed by atoms with E-state index in [2.05, 4.69) is 31.0 Å². The van der Waals surface area contributed by atoms with Crippen LogP contribution in [0.3, 0.4) is 0 Å². The Kier molecular flexibility index (Phi) is 4.26. The fourth-order valence-electron chi connectivity index (χ4n) is 3.32. The minimum Gasteiger partial charge on any atom is -0.311 e. The normalized spacial score (nSPS) is 35.4. The van der Waals surface area contributed by atoms with Gasteiger partial charge in [0.2, 0.25) is 0 Å². The number of rotatable bonds is 3. The minimum absolute atomic E-state index is 0.724. The highest BCUT2D eigenvalue weighted by atomic mass is 15.3. The predicted octanol–water partition coefficient (Wildman–Crippen LogP) is 2.64. The third kappa shape index (κ3) is 2.60. The summed E-state index contributed by atoms with van der Waals surface area (Å²) in [5.74, 6) is 0.816. The molecule has 1 aliphatic carbocycles. The number of piperazine rings is 1. The lowest BCUT2D eigenvalue weighted by atomic mass is 9.94. The molecule has 0 amide bonds. The molecule has 16 heavy (non-hydrogen) atoms. The number of hydrogen-bond acceptors (Lipinski definition) is 2. The minimum atomic E-state index is 0.724. The van der Waals surface area contributed by atoms with E-state index in [0.29, 0.717) is 0 Å². The van der Waals surface area contributed by atoms with Crippen LogP contribution in [0.15, 0.2) is 0 Å². The average Bonchev–Trinajstić information content (AvgIpc) is 2.82. The summed E-state index contributed by atoms with van der Waals surface area (Å²) in [4.78, 5) is 2.79. The maximum Gasteiger partial charge on any atom is 0.0221 e. The van der Waals surface area contributed by atoms with Crippen LogP contribution in [-0.2, 0) is 0 Å². The molecule has 1 saturated carbocycles. The van der Waals surface area contributed by atoms with Crippen molar-refractivity contribution in [1.29, 1.82) is 0 Å². The second-order valence-electron chi connectivity index (χ2n) is 5.88. The molecule has 3 atom stereocenters. The largest absolute Gasteiger partial charge is 0.311 e. The smallest absolute Gasteiger partial charge is 0.0221 e. The molecule has 2 fully saturated rings. The van der Waals surface area contributed by atoms with Crippen molar-refractivity contribution in [2.75, 3.05) is 13.1 Å². The van der Waals surface area contributed by atoms with Gasteiger partial charge in [-0.1, -0.05) is 33.1 Å². The molecule has 0 aromatic rings. The third-order valence-electron chi connectivity index (χ3n) is 4.77. The zero-order valence-corrected chi connectivity index (χ0v) is 11.2. The summed E-state index contributed by atoms with van der Waals surface area (Å²) in [5.41, 5.74) is 0. The summed E-state index contributed by atoms with van der Waals surface area (Å²) in [6, 6.07) is 2.36. The third-order valence-corrected chi connectivity index (χ3v) is 4.77. The molecule has 1 heterocycles. The van der Waals surface area contributed by atoms with Crippen LogP contribution in [0.25, 0.3) is 0 Å². The van der Waals surface area contributed by atoms with Gasteiger partial charge in [-0.05, 0) is 25.7 Å². The van der Waals surface area contributed by atoms with Gasteiger partial charge >= 0.3 is 0 Å². The van der Waals surface area contributed by atoms with E-state index in [1.54, 1.807) is 0 Å². The van der Waals surface area contributed by atoms with Crippen LogP contribution in [0.2, 0.25) is 0 Å². The Bertz CT molecular complexity index is 211. The maximum absolute atomic E-state index is 3.73. The lowest BCUT2D eigenvalue weighted by molar-refractivity contribution is 0.0772. The quantitative estimate of drug-likeness (QED) is 0.793. The first-order valence-electron chi connectivity index (χ1n) is 7.21. The van der Waals surface area contributed by atoms with Crippen molar-refractivity contribution in [2.45, 2.75) is 71.0 Å². The van der Waals surface area contributed by atoms with E-state index in [9.17, 15) is 0 Å². The highest BCUT2D eigenvalue weighted by Gasteiger charge is 2.33. The molecule has 0 aromatic heterocycles. The first kappa shape index (κ1) is 12.4. The van der Waals surface area contributed by atoms with E-state index in [4.69, 9.17) is 0 Å². The van der Waals surface area contributed by atoms with Crippen LogP contribution in [0.4, 0.5) is 0 Å². The summed E-state index contributed by atoms with van der Waals surface area (Å²) in [6.45, 7) is 9.55. The van der Waals surface area contributed by atoms with Crippen LogP contribution in [0, 0.1) is 5.92 Å². The van der Waals surface area contributed by atoms with Gasteiger partial charge < -0.3 is 5.32 Å². The van der Waals surface area contributed by atoms with Crippen molar-refractivity contribution < 1.29 is 0 Å². The van der Waals surface area contributed by atoms with Crippen LogP contribution >= 0.6 is 0 Å². The molecule has 94 valence electrons. The molecule has 2 nitrogen and oxygen atoms in total. The highest BCUT2D eigenvalue weighted by molar-refractivity contribution is 4.91. The van der Waals surface area contributed by atoms with E-state index < -0.39 is 0 Å². The van der Waals surface area contributed by atoms with Gasteiger partial charge in [-0.25, -0.2) is 0 Å². The molecule has 0 bridgehead atoms. The zero-order valence-electron chi connectivity index (χ0n) is 11.2. The van der Waals surface area contributed by atoms with Crippen molar-refractivity contribution in [3.63, 3.8) is 0 Å². The van der Waals surface area contributed by atoms with E-state index in [-0.39, 0.29) is 0 Å². The van der Waals surface area contributed by atoms with E-state index in [0.717, 1.165) is 24.0 Å². The first-order chi connectivity index (χ1) is 7.72. The average molecular weight is 224 g/mol. The van der Waals surface area contributed by atoms with Crippen molar-refractivity contribution in [2.24, 2.45) is 5.92 Å². The Morgan fingerprint density at radius 3 is 2.62 bits per heavy atom. The molecule has 2 heteroatoms. The second kappa shape index (κ2) is 5.50. The summed E-state index contributed by atoms with van der Waals surface area (Å²) < 4.78 is 0.